The third-order valence-corrected chi connectivity index (χ3v) is 5.73. The lowest BCUT2D eigenvalue weighted by Gasteiger charge is -2.18. The monoisotopic (exact) mass is 390 g/mol. The average molecular weight is 390 g/mol. The van der Waals surface area contributed by atoms with Crippen LogP contribution in [0.4, 0.5) is 0 Å². The van der Waals surface area contributed by atoms with Crippen LogP contribution in [0.25, 0.3) is 43.8 Å². The predicted octanol–water partition coefficient (Wildman–Crippen LogP) is 6.31. The van der Waals surface area contributed by atoms with Crippen molar-refractivity contribution < 1.29 is 10.2 Å². The maximum atomic E-state index is 9.66. The molecular formula is C28H22O2. The SMILES string of the molecule is OCc1cccc(-c2c3ccccc3c(-c3cccc(CO)c3)c3ccccc23)c1. The van der Waals surface area contributed by atoms with Gasteiger partial charge in [-0.1, -0.05) is 84.9 Å². The van der Waals surface area contributed by atoms with Crippen molar-refractivity contribution >= 4 is 21.5 Å². The lowest BCUT2D eigenvalue weighted by Crippen LogP contribution is -1.92. The highest BCUT2D eigenvalue weighted by Gasteiger charge is 2.16. The maximum Gasteiger partial charge on any atom is 0.0682 e. The molecule has 5 rings (SSSR count). The molecule has 0 aliphatic heterocycles. The van der Waals surface area contributed by atoms with Crippen molar-refractivity contribution in [3.05, 3.63) is 108 Å². The largest absolute Gasteiger partial charge is 0.392 e. The van der Waals surface area contributed by atoms with Gasteiger partial charge < -0.3 is 10.2 Å². The molecule has 0 radical (unpaired) electrons. The summed E-state index contributed by atoms with van der Waals surface area (Å²) in [7, 11) is 0. The van der Waals surface area contributed by atoms with Crippen LogP contribution in [0.3, 0.4) is 0 Å². The standard InChI is InChI=1S/C28H22O2/c29-17-19-7-5-9-21(15-19)27-23-11-1-2-12-24(23)28(26-14-4-3-13-25(26)27)22-10-6-8-20(16-22)18-30/h1-16,29-30H,17-18H2. The molecule has 2 heteroatoms. The number of aliphatic hydroxyl groups excluding tert-OH is 2. The number of aliphatic hydroxyl groups is 2. The lowest BCUT2D eigenvalue weighted by molar-refractivity contribution is 0.281. The molecule has 0 saturated carbocycles. The molecule has 2 nitrogen and oxygen atoms in total. The first-order valence-electron chi connectivity index (χ1n) is 10.1. The fourth-order valence-electron chi connectivity index (χ4n) is 4.40. The molecule has 0 atom stereocenters. The van der Waals surface area contributed by atoms with Gasteiger partial charge in [-0.05, 0) is 67.1 Å². The zero-order chi connectivity index (χ0) is 20.5. The van der Waals surface area contributed by atoms with Crippen LogP contribution >= 0.6 is 0 Å². The Morgan fingerprint density at radius 3 is 1.13 bits per heavy atom. The first kappa shape index (κ1) is 18.6. The molecule has 0 aromatic heterocycles. The number of fused-ring (bicyclic) bond motifs is 2. The van der Waals surface area contributed by atoms with Gasteiger partial charge in [-0.25, -0.2) is 0 Å². The molecule has 0 fully saturated rings. The highest BCUT2D eigenvalue weighted by molar-refractivity contribution is 6.21. The molecule has 30 heavy (non-hydrogen) atoms. The van der Waals surface area contributed by atoms with Gasteiger partial charge in [0.25, 0.3) is 0 Å². The Labute approximate surface area is 175 Å². The molecule has 0 amide bonds. The van der Waals surface area contributed by atoms with Gasteiger partial charge >= 0.3 is 0 Å². The molecule has 0 spiro atoms. The lowest BCUT2D eigenvalue weighted by atomic mass is 9.85. The normalized spacial score (nSPS) is 11.3. The zero-order valence-corrected chi connectivity index (χ0v) is 16.5. The average Bonchev–Trinajstić information content (AvgIpc) is 2.82. The molecule has 0 aliphatic carbocycles. The van der Waals surface area contributed by atoms with E-state index < -0.39 is 0 Å². The summed E-state index contributed by atoms with van der Waals surface area (Å²) in [6.45, 7) is 0.0471. The summed E-state index contributed by atoms with van der Waals surface area (Å²) in [5, 5.41) is 24.0. The topological polar surface area (TPSA) is 40.5 Å². The Balaban J connectivity index is 1.94. The number of hydrogen-bond acceptors (Lipinski definition) is 2. The second-order valence-electron chi connectivity index (χ2n) is 7.56. The Morgan fingerprint density at radius 1 is 0.433 bits per heavy atom. The Hall–Kier alpha value is -3.46. The first-order valence-corrected chi connectivity index (χ1v) is 10.1. The third kappa shape index (κ3) is 3.07. The van der Waals surface area contributed by atoms with Crippen molar-refractivity contribution in [2.45, 2.75) is 13.2 Å². The minimum Gasteiger partial charge on any atom is -0.392 e. The van der Waals surface area contributed by atoms with Crippen molar-refractivity contribution in [1.29, 1.82) is 0 Å². The van der Waals surface area contributed by atoms with E-state index >= 15 is 0 Å². The number of hydrogen-bond donors (Lipinski definition) is 2. The predicted molar refractivity (Wildman–Crippen MR) is 124 cm³/mol. The van der Waals surface area contributed by atoms with Crippen molar-refractivity contribution in [2.75, 3.05) is 0 Å². The van der Waals surface area contributed by atoms with Crippen LogP contribution in [-0.4, -0.2) is 10.2 Å². The van der Waals surface area contributed by atoms with E-state index in [0.717, 1.165) is 22.3 Å². The Bertz CT molecular complexity index is 1210. The Morgan fingerprint density at radius 2 is 0.800 bits per heavy atom. The summed E-state index contributed by atoms with van der Waals surface area (Å²) >= 11 is 0. The summed E-state index contributed by atoms with van der Waals surface area (Å²) in [4.78, 5) is 0. The van der Waals surface area contributed by atoms with Gasteiger partial charge in [-0.15, -0.1) is 0 Å². The fraction of sp³-hybridized carbons (Fsp3) is 0.0714. The van der Waals surface area contributed by atoms with Crippen LogP contribution in [0.5, 0.6) is 0 Å². The van der Waals surface area contributed by atoms with Crippen LogP contribution in [-0.2, 0) is 13.2 Å². The smallest absolute Gasteiger partial charge is 0.0682 e. The molecule has 0 heterocycles. The molecule has 5 aromatic rings. The quantitative estimate of drug-likeness (QED) is 0.353. The van der Waals surface area contributed by atoms with Gasteiger partial charge in [0.05, 0.1) is 13.2 Å². The summed E-state index contributed by atoms with van der Waals surface area (Å²) in [5.74, 6) is 0. The van der Waals surface area contributed by atoms with Gasteiger partial charge in [0.1, 0.15) is 0 Å². The van der Waals surface area contributed by atoms with E-state index in [-0.39, 0.29) is 13.2 Å². The van der Waals surface area contributed by atoms with Gasteiger partial charge in [0, 0.05) is 0 Å². The molecule has 5 aromatic carbocycles. The van der Waals surface area contributed by atoms with Crippen LogP contribution in [0.1, 0.15) is 11.1 Å². The van der Waals surface area contributed by atoms with E-state index in [0.29, 0.717) is 0 Å². The molecule has 146 valence electrons. The number of benzene rings is 5. The molecule has 2 N–H and O–H groups in total. The van der Waals surface area contributed by atoms with Crippen LogP contribution in [0, 0.1) is 0 Å². The van der Waals surface area contributed by atoms with Gasteiger partial charge in [0.2, 0.25) is 0 Å². The minimum atomic E-state index is 0.0236. The molecule has 0 unspecified atom stereocenters. The van der Waals surface area contributed by atoms with Crippen molar-refractivity contribution in [1.82, 2.24) is 0 Å². The van der Waals surface area contributed by atoms with E-state index in [9.17, 15) is 10.2 Å². The second-order valence-corrected chi connectivity index (χ2v) is 7.56. The second kappa shape index (κ2) is 7.75. The highest BCUT2D eigenvalue weighted by Crippen LogP contribution is 2.43. The van der Waals surface area contributed by atoms with Crippen molar-refractivity contribution in [3.63, 3.8) is 0 Å². The zero-order valence-electron chi connectivity index (χ0n) is 16.5. The molecular weight excluding hydrogens is 368 g/mol. The summed E-state index contributed by atoms with van der Waals surface area (Å²) in [6.07, 6.45) is 0. The summed E-state index contributed by atoms with van der Waals surface area (Å²) in [5.41, 5.74) is 6.37. The van der Waals surface area contributed by atoms with E-state index in [4.69, 9.17) is 0 Å². The van der Waals surface area contributed by atoms with Crippen molar-refractivity contribution in [2.24, 2.45) is 0 Å². The minimum absolute atomic E-state index is 0.0236. The molecule has 0 aliphatic rings. The van der Waals surface area contributed by atoms with E-state index in [1.54, 1.807) is 0 Å². The van der Waals surface area contributed by atoms with Crippen molar-refractivity contribution in [3.8, 4) is 22.3 Å². The molecule has 0 saturated heterocycles. The van der Waals surface area contributed by atoms with Crippen LogP contribution in [0.15, 0.2) is 97.1 Å². The highest BCUT2D eigenvalue weighted by atomic mass is 16.3. The van der Waals surface area contributed by atoms with E-state index in [2.05, 4.69) is 72.8 Å². The number of rotatable bonds is 4. The summed E-state index contributed by atoms with van der Waals surface area (Å²) < 4.78 is 0. The van der Waals surface area contributed by atoms with Crippen LogP contribution in [0.2, 0.25) is 0 Å². The maximum absolute atomic E-state index is 9.66. The summed E-state index contributed by atoms with van der Waals surface area (Å²) in [6, 6.07) is 33.2. The Kier molecular flexibility index (Phi) is 4.80. The van der Waals surface area contributed by atoms with E-state index in [1.807, 2.05) is 24.3 Å². The van der Waals surface area contributed by atoms with Gasteiger partial charge in [-0.2, -0.15) is 0 Å². The first-order chi connectivity index (χ1) is 14.8. The van der Waals surface area contributed by atoms with E-state index in [1.165, 1.54) is 32.7 Å². The third-order valence-electron chi connectivity index (χ3n) is 5.73. The molecule has 0 bridgehead atoms. The van der Waals surface area contributed by atoms with Gasteiger partial charge in [-0.3, -0.25) is 0 Å². The van der Waals surface area contributed by atoms with Crippen LogP contribution < -0.4 is 0 Å². The van der Waals surface area contributed by atoms with Gasteiger partial charge in [0.15, 0.2) is 0 Å². The fourth-order valence-corrected chi connectivity index (χ4v) is 4.40.